The summed E-state index contributed by atoms with van der Waals surface area (Å²) in [6.45, 7) is 5.24. The van der Waals surface area contributed by atoms with E-state index in [9.17, 15) is 19.2 Å². The summed E-state index contributed by atoms with van der Waals surface area (Å²) >= 11 is 0. The van der Waals surface area contributed by atoms with Gasteiger partial charge in [-0.25, -0.2) is 0 Å². The summed E-state index contributed by atoms with van der Waals surface area (Å²) in [5, 5.41) is 0. The van der Waals surface area contributed by atoms with Gasteiger partial charge in [0.05, 0.1) is 13.2 Å². The van der Waals surface area contributed by atoms with Crippen LogP contribution >= 0.6 is 0 Å². The number of hydrogen-bond acceptors (Lipinski definition) is 8. The van der Waals surface area contributed by atoms with Crippen LogP contribution < -0.4 is 29.8 Å². The molecule has 0 N–H and O–H groups in total. The SMILES string of the molecule is CCCCCCCCCCCCCCCC(=O)Oc1ccc(OCCCC(=O)Oc2ccc(OCCCCCCCCCCC)ccc2=O)ccc1=O. The lowest BCUT2D eigenvalue weighted by molar-refractivity contribution is -0.135. The Morgan fingerprint density at radius 2 is 0.717 bits per heavy atom. The Hall–Kier alpha value is -3.68. The molecular formula is C45H68O8. The quantitative estimate of drug-likeness (QED) is 0.0540. The van der Waals surface area contributed by atoms with Crippen molar-refractivity contribution in [1.82, 2.24) is 0 Å². The Morgan fingerprint density at radius 1 is 0.396 bits per heavy atom. The van der Waals surface area contributed by atoms with Crippen LogP contribution in [0.5, 0.6) is 23.0 Å². The second kappa shape index (κ2) is 30.7. The van der Waals surface area contributed by atoms with Gasteiger partial charge in [-0.05, 0) is 67.8 Å². The zero-order valence-corrected chi connectivity index (χ0v) is 33.0. The van der Waals surface area contributed by atoms with Gasteiger partial charge in [-0.3, -0.25) is 19.2 Å². The molecule has 8 heteroatoms. The van der Waals surface area contributed by atoms with Gasteiger partial charge in [-0.15, -0.1) is 0 Å². The zero-order valence-electron chi connectivity index (χ0n) is 33.0. The van der Waals surface area contributed by atoms with Crippen molar-refractivity contribution in [2.45, 2.75) is 174 Å². The molecule has 0 saturated carbocycles. The first kappa shape index (κ1) is 45.5. The molecule has 0 unspecified atom stereocenters. The molecule has 0 aliphatic rings. The third-order valence-electron chi connectivity index (χ3n) is 9.32. The Bertz CT molecular complexity index is 1390. The number of carbonyl (C=O) groups excluding carboxylic acids is 2. The van der Waals surface area contributed by atoms with Crippen molar-refractivity contribution in [2.75, 3.05) is 13.2 Å². The monoisotopic (exact) mass is 736 g/mol. The van der Waals surface area contributed by atoms with E-state index >= 15 is 0 Å². The first-order chi connectivity index (χ1) is 25.9. The number of hydrogen-bond donors (Lipinski definition) is 0. The molecule has 8 nitrogen and oxygen atoms in total. The maximum Gasteiger partial charge on any atom is 0.311 e. The Balaban J connectivity index is 1.60. The minimum atomic E-state index is -0.549. The molecule has 0 aliphatic carbocycles. The highest BCUT2D eigenvalue weighted by Crippen LogP contribution is 2.17. The third kappa shape index (κ3) is 23.6. The van der Waals surface area contributed by atoms with Gasteiger partial charge in [-0.2, -0.15) is 0 Å². The van der Waals surface area contributed by atoms with Gasteiger partial charge < -0.3 is 18.9 Å². The molecule has 296 valence electrons. The molecule has 2 aromatic rings. The van der Waals surface area contributed by atoms with Crippen molar-refractivity contribution in [3.8, 4) is 23.0 Å². The molecule has 0 atom stereocenters. The molecule has 0 heterocycles. The highest BCUT2D eigenvalue weighted by Gasteiger charge is 2.10. The van der Waals surface area contributed by atoms with Gasteiger partial charge in [0, 0.05) is 12.8 Å². The molecular weight excluding hydrogens is 668 g/mol. The Morgan fingerprint density at radius 3 is 1.13 bits per heavy atom. The normalized spacial score (nSPS) is 10.9. The molecule has 2 rings (SSSR count). The van der Waals surface area contributed by atoms with E-state index < -0.39 is 22.8 Å². The zero-order chi connectivity index (χ0) is 38.2. The topological polar surface area (TPSA) is 105 Å². The summed E-state index contributed by atoms with van der Waals surface area (Å²) in [5.74, 6) is -0.0909. The lowest BCUT2D eigenvalue weighted by Crippen LogP contribution is -2.13. The average Bonchev–Trinajstić information content (AvgIpc) is 3.43. The van der Waals surface area contributed by atoms with Crippen LogP contribution in [0.4, 0.5) is 0 Å². The van der Waals surface area contributed by atoms with Crippen LogP contribution in [0.1, 0.15) is 174 Å². The minimum Gasteiger partial charge on any atom is -0.494 e. The second-order valence-electron chi connectivity index (χ2n) is 14.2. The molecule has 0 aliphatic heterocycles. The van der Waals surface area contributed by atoms with Crippen molar-refractivity contribution in [3.05, 3.63) is 69.0 Å². The number of ether oxygens (including phenoxy) is 4. The van der Waals surface area contributed by atoms with E-state index in [2.05, 4.69) is 13.8 Å². The highest BCUT2D eigenvalue weighted by atomic mass is 16.5. The summed E-state index contributed by atoms with van der Waals surface area (Å²) in [5.41, 5.74) is -0.817. The van der Waals surface area contributed by atoms with E-state index in [1.165, 1.54) is 139 Å². The van der Waals surface area contributed by atoms with Crippen LogP contribution in [-0.4, -0.2) is 25.2 Å². The minimum absolute atomic E-state index is 0.0355. The van der Waals surface area contributed by atoms with Crippen LogP contribution in [0.15, 0.2) is 58.1 Å². The van der Waals surface area contributed by atoms with Crippen molar-refractivity contribution in [1.29, 1.82) is 0 Å². The van der Waals surface area contributed by atoms with Crippen molar-refractivity contribution in [2.24, 2.45) is 0 Å². The van der Waals surface area contributed by atoms with E-state index in [4.69, 9.17) is 18.9 Å². The van der Waals surface area contributed by atoms with Crippen LogP contribution in [0, 0.1) is 0 Å². The van der Waals surface area contributed by atoms with E-state index in [1.807, 2.05) is 0 Å². The summed E-state index contributed by atoms with van der Waals surface area (Å²) in [7, 11) is 0. The summed E-state index contributed by atoms with van der Waals surface area (Å²) in [6, 6.07) is 11.9. The van der Waals surface area contributed by atoms with Gasteiger partial charge in [0.25, 0.3) is 0 Å². The van der Waals surface area contributed by atoms with Gasteiger partial charge in [0.2, 0.25) is 10.9 Å². The van der Waals surface area contributed by atoms with Gasteiger partial charge in [0.15, 0.2) is 11.5 Å². The molecule has 0 fully saturated rings. The van der Waals surface area contributed by atoms with Crippen LogP contribution in [-0.2, 0) is 9.59 Å². The third-order valence-corrected chi connectivity index (χ3v) is 9.32. The number of unbranched alkanes of at least 4 members (excludes halogenated alkanes) is 20. The van der Waals surface area contributed by atoms with E-state index in [0.717, 1.165) is 32.1 Å². The fourth-order valence-electron chi connectivity index (χ4n) is 6.08. The van der Waals surface area contributed by atoms with Crippen molar-refractivity contribution in [3.63, 3.8) is 0 Å². The van der Waals surface area contributed by atoms with E-state index in [1.54, 1.807) is 18.2 Å². The fourth-order valence-corrected chi connectivity index (χ4v) is 6.08. The molecule has 0 saturated heterocycles. The average molecular weight is 737 g/mol. The fraction of sp³-hybridized carbons (Fsp3) is 0.644. The largest absolute Gasteiger partial charge is 0.494 e. The molecule has 2 aromatic carbocycles. The molecule has 53 heavy (non-hydrogen) atoms. The van der Waals surface area contributed by atoms with Gasteiger partial charge in [0.1, 0.15) is 11.5 Å². The van der Waals surface area contributed by atoms with Gasteiger partial charge >= 0.3 is 11.9 Å². The summed E-state index contributed by atoms with van der Waals surface area (Å²) in [6.07, 6.45) is 27.7. The first-order valence-corrected chi connectivity index (χ1v) is 20.9. The maximum atomic E-state index is 12.5. The predicted molar refractivity (Wildman–Crippen MR) is 214 cm³/mol. The molecule has 0 amide bonds. The van der Waals surface area contributed by atoms with Gasteiger partial charge in [-0.1, -0.05) is 142 Å². The lowest BCUT2D eigenvalue weighted by atomic mass is 10.0. The van der Waals surface area contributed by atoms with Crippen molar-refractivity contribution < 1.29 is 28.5 Å². The Labute approximate surface area is 319 Å². The van der Waals surface area contributed by atoms with Crippen molar-refractivity contribution >= 4 is 11.9 Å². The van der Waals surface area contributed by atoms with E-state index in [0.29, 0.717) is 24.5 Å². The Kier molecular flexibility index (Phi) is 26.4. The lowest BCUT2D eigenvalue weighted by Gasteiger charge is -2.05. The number of carbonyl (C=O) groups is 2. The predicted octanol–water partition coefficient (Wildman–Crippen LogP) is 11.5. The maximum absolute atomic E-state index is 12.5. The molecule has 0 bridgehead atoms. The summed E-state index contributed by atoms with van der Waals surface area (Å²) < 4.78 is 22.2. The number of rotatable bonds is 32. The highest BCUT2D eigenvalue weighted by molar-refractivity contribution is 5.72. The van der Waals surface area contributed by atoms with E-state index in [-0.39, 0.29) is 30.9 Å². The summed E-state index contributed by atoms with van der Waals surface area (Å²) in [4.78, 5) is 49.7. The smallest absolute Gasteiger partial charge is 0.311 e. The van der Waals surface area contributed by atoms with Crippen LogP contribution in [0.2, 0.25) is 0 Å². The van der Waals surface area contributed by atoms with Crippen LogP contribution in [0.25, 0.3) is 0 Å². The van der Waals surface area contributed by atoms with Crippen LogP contribution in [0.3, 0.4) is 0 Å². The second-order valence-corrected chi connectivity index (χ2v) is 14.2. The first-order valence-electron chi connectivity index (χ1n) is 20.9. The molecule has 0 aromatic heterocycles. The standard InChI is InChI=1S/C45H68O8/c1-3-5-7-9-11-13-14-15-16-17-19-21-23-26-44(48)52-42-35-31-39(29-33-40(42)46)51-37-25-27-45(49)53-43-34-30-38(28-32-41(43)47)50-36-24-22-20-18-12-10-8-6-4-2/h28-35H,3-27,36-37H2,1-2H3. The molecule has 0 radical (unpaired) electrons. The number of esters is 2. The molecule has 0 spiro atoms.